The Morgan fingerprint density at radius 3 is 0.850 bits per heavy atom. The summed E-state index contributed by atoms with van der Waals surface area (Å²) in [4.78, 5) is 30.3. The maximum Gasteiger partial charge on any atom is 0.171 e. The molecule has 0 fully saturated rings. The SMILES string of the molecule is O=P(c1ccccc1)(c1ccccc1)c1ccc(-c2ccc3c4ccc5ccccc5c4c4nc5ccccc5n4c3c2)cc1.c1cc(-c2ccc3c4ccc5ccccc5c4c4nc5ccccc5n4c3c2)cc(-c2cc3c4ccccc4c4ccccc4c3c3ccccc23)c1.c1ccc(-c2nc(-c3ccccc3)nc(-c3ccc(-c4ccc5c6ccc7ccccc7c6c6nc7ccccc7n6c5c4)cc3)n2)cc1. The molecule has 31 aromatic rings. The van der Waals surface area contributed by atoms with Gasteiger partial charge in [0.2, 0.25) is 0 Å². The molecule has 11 heteroatoms. The van der Waals surface area contributed by atoms with Crippen LogP contribution < -0.4 is 15.9 Å². The number of para-hydroxylation sites is 6. The van der Waals surface area contributed by atoms with E-state index in [4.69, 9.17) is 29.9 Å². The molecule has 7 heterocycles. The Kier molecular flexibility index (Phi) is 19.7. The molecule has 0 unspecified atom stereocenters. The van der Waals surface area contributed by atoms with Crippen LogP contribution in [-0.2, 0) is 4.57 Å². The van der Waals surface area contributed by atoms with Gasteiger partial charge in [-0.25, -0.2) is 29.9 Å². The zero-order chi connectivity index (χ0) is 96.9. The van der Waals surface area contributed by atoms with E-state index < -0.39 is 7.14 Å². The predicted octanol–water partition coefficient (Wildman–Crippen LogP) is 33.9. The van der Waals surface area contributed by atoms with Gasteiger partial charge in [-0.05, 0) is 203 Å². The molecule has 0 saturated carbocycles. The van der Waals surface area contributed by atoms with Gasteiger partial charge in [0, 0.05) is 64.9 Å². The van der Waals surface area contributed by atoms with E-state index in [0.717, 1.165) is 121 Å². The van der Waals surface area contributed by atoms with E-state index in [1.165, 1.54) is 146 Å². The summed E-state index contributed by atoms with van der Waals surface area (Å²) in [5.41, 5.74) is 24.7. The number of hydrogen-bond acceptors (Lipinski definition) is 7. The summed E-state index contributed by atoms with van der Waals surface area (Å²) in [6, 6.07) is 180. The first-order valence-corrected chi connectivity index (χ1v) is 51.6. The number of benzene rings is 24. The maximum absolute atomic E-state index is 14.9. The van der Waals surface area contributed by atoms with Crippen LogP contribution in [0.1, 0.15) is 0 Å². The van der Waals surface area contributed by atoms with Crippen LogP contribution in [-0.4, -0.2) is 43.1 Å². The third kappa shape index (κ3) is 13.8. The molecule has 7 aromatic heterocycles. The van der Waals surface area contributed by atoms with Crippen LogP contribution in [0.3, 0.4) is 0 Å². The van der Waals surface area contributed by atoms with Crippen molar-refractivity contribution < 1.29 is 4.57 Å². The van der Waals surface area contributed by atoms with Crippen molar-refractivity contribution in [2.75, 3.05) is 0 Å². The monoisotopic (exact) mass is 1890 g/mol. The summed E-state index contributed by atoms with van der Waals surface area (Å²) in [7, 11) is -3.04. The van der Waals surface area contributed by atoms with Crippen molar-refractivity contribution >= 4 is 214 Å². The lowest BCUT2D eigenvalue weighted by molar-refractivity contribution is 0.592. The Bertz CT molecular complexity index is 10800. The molecule has 31 rings (SSSR count). The third-order valence-electron chi connectivity index (χ3n) is 30.0. The van der Waals surface area contributed by atoms with Crippen LogP contribution in [0.2, 0.25) is 0 Å². The van der Waals surface area contributed by atoms with Crippen molar-refractivity contribution in [3.8, 4) is 78.7 Å². The summed E-state index contributed by atoms with van der Waals surface area (Å²) in [6.45, 7) is 0. The van der Waals surface area contributed by atoms with E-state index in [1.807, 2.05) is 140 Å². The highest BCUT2D eigenvalue weighted by molar-refractivity contribution is 7.85. The number of rotatable bonds is 10. The average molecular weight is 1890 g/mol. The minimum atomic E-state index is -3.04. The maximum atomic E-state index is 14.9. The largest absolute Gasteiger partial charge is 0.309 e. The molecule has 10 nitrogen and oxygen atoms in total. The van der Waals surface area contributed by atoms with Gasteiger partial charge in [0.05, 0.1) is 49.7 Å². The molecule has 0 aliphatic carbocycles. The van der Waals surface area contributed by atoms with Crippen LogP contribution in [0, 0.1) is 0 Å². The fourth-order valence-electron chi connectivity index (χ4n) is 23.1. The van der Waals surface area contributed by atoms with Gasteiger partial charge in [-0.15, -0.1) is 0 Å². The Hall–Kier alpha value is -19.3. The molecule has 0 bridgehead atoms. The van der Waals surface area contributed by atoms with E-state index >= 15 is 0 Å². The lowest BCUT2D eigenvalue weighted by Gasteiger charge is -2.20. The lowest BCUT2D eigenvalue weighted by Crippen LogP contribution is -2.24. The molecular weight excluding hydrogens is 1810 g/mol. The lowest BCUT2D eigenvalue weighted by atomic mass is 9.87. The second kappa shape index (κ2) is 34.3. The molecule has 24 aromatic carbocycles. The van der Waals surface area contributed by atoms with Crippen LogP contribution in [0.4, 0.5) is 0 Å². The first-order valence-electron chi connectivity index (χ1n) is 49.9. The van der Waals surface area contributed by atoms with Crippen molar-refractivity contribution in [2.45, 2.75) is 0 Å². The van der Waals surface area contributed by atoms with Crippen LogP contribution >= 0.6 is 7.14 Å². The van der Waals surface area contributed by atoms with Crippen molar-refractivity contribution in [2.24, 2.45) is 0 Å². The Balaban J connectivity index is 0.000000105. The fourth-order valence-corrected chi connectivity index (χ4v) is 25.8. The Labute approximate surface area is 843 Å². The minimum Gasteiger partial charge on any atom is -0.309 e. The van der Waals surface area contributed by atoms with Gasteiger partial charge in [-0.1, -0.05) is 443 Å². The molecule has 0 radical (unpaired) electrons. The van der Waals surface area contributed by atoms with E-state index in [0.29, 0.717) is 17.5 Å². The van der Waals surface area contributed by atoms with Crippen molar-refractivity contribution in [3.63, 3.8) is 0 Å². The molecule has 0 amide bonds. The molecule has 0 spiro atoms. The van der Waals surface area contributed by atoms with Gasteiger partial charge in [-0.3, -0.25) is 13.2 Å². The van der Waals surface area contributed by atoms with Gasteiger partial charge in [0.15, 0.2) is 24.6 Å². The second-order valence-electron chi connectivity index (χ2n) is 38.1. The molecule has 0 N–H and O–H groups in total. The summed E-state index contributed by atoms with van der Waals surface area (Å²) in [5.74, 6) is 1.95. The normalized spacial score (nSPS) is 12.0. The third-order valence-corrected chi connectivity index (χ3v) is 33.0. The number of pyridine rings is 3. The quantitative estimate of drug-likeness (QED) is 0.0991. The number of imidazole rings is 3. The molecule has 684 valence electrons. The molecule has 0 aliphatic rings. The van der Waals surface area contributed by atoms with Crippen LogP contribution in [0.25, 0.3) is 269 Å². The van der Waals surface area contributed by atoms with Gasteiger partial charge < -0.3 is 4.57 Å². The highest BCUT2D eigenvalue weighted by Gasteiger charge is 2.31. The summed E-state index contributed by atoms with van der Waals surface area (Å²) in [5, 5.41) is 30.9. The topological polar surface area (TPSA) is 108 Å². The fraction of sp³-hybridized carbons (Fsp3) is 0. The smallest absolute Gasteiger partial charge is 0.171 e. The molecule has 0 saturated heterocycles. The van der Waals surface area contributed by atoms with Crippen molar-refractivity contribution in [1.82, 2.24) is 43.1 Å². The zero-order valence-electron chi connectivity index (χ0n) is 79.4. The van der Waals surface area contributed by atoms with Gasteiger partial charge in [0.25, 0.3) is 0 Å². The van der Waals surface area contributed by atoms with Crippen molar-refractivity contribution in [3.05, 3.63) is 510 Å². The molecule has 0 atom stereocenters. The van der Waals surface area contributed by atoms with Crippen LogP contribution in [0.15, 0.2) is 510 Å². The van der Waals surface area contributed by atoms with Gasteiger partial charge >= 0.3 is 0 Å². The zero-order valence-corrected chi connectivity index (χ0v) is 80.3. The summed E-state index contributed by atoms with van der Waals surface area (Å²) < 4.78 is 21.9. The van der Waals surface area contributed by atoms with Crippen LogP contribution in [0.5, 0.6) is 0 Å². The van der Waals surface area contributed by atoms with E-state index in [9.17, 15) is 4.57 Å². The second-order valence-corrected chi connectivity index (χ2v) is 40.9. The summed E-state index contributed by atoms with van der Waals surface area (Å²) >= 11 is 0. The highest BCUT2D eigenvalue weighted by atomic mass is 31.2. The van der Waals surface area contributed by atoms with E-state index in [1.54, 1.807) is 0 Å². The predicted molar refractivity (Wildman–Crippen MR) is 617 cm³/mol. The molecule has 147 heavy (non-hydrogen) atoms. The van der Waals surface area contributed by atoms with Gasteiger partial charge in [0.1, 0.15) is 16.9 Å². The number of fused-ring (bicyclic) bond motifs is 38. The number of aromatic nitrogens is 9. The standard InChI is InChI=1S/C51H30N2.C44H27N5.C41H27N2OP/c1-2-15-35-31(12-1)24-27-43-40-26-25-33(29-48(40)53-47-23-10-9-22-46(47)52-51(53)50(35)43)32-13-11-14-34(28-32)44-30-45-38-18-4-3-16-36(38)37-17-5-7-20-41(37)49(45)42-21-8-6-19-39(42)44;1-3-12-30(13-4-1)41-46-42(31-14-5-2-6-15-31)48-43(47-41)32-21-19-28(20-22-32)33-24-25-35-36-26-23-29-11-7-8-16-34(29)40(36)44-45-37-17-9-10-18-38(37)49(44)39(35)27-33;44-45(31-12-3-1-4-13-31,32-14-5-2-6-15-32)33-23-19-28(20-24-33)30-22-25-35-36-26-21-29-11-7-8-16-34(29)40(36)41-42-37-17-9-10-18-38(37)43(41)39(35)27-30/h1-30H;1-27H;1-27H. The van der Waals surface area contributed by atoms with E-state index in [2.05, 4.69) is 383 Å². The first kappa shape index (κ1) is 84.6. The van der Waals surface area contributed by atoms with E-state index in [-0.39, 0.29) is 0 Å². The number of hydrogen-bond donors (Lipinski definition) is 0. The number of nitrogens with zero attached hydrogens (tertiary/aromatic N) is 9. The van der Waals surface area contributed by atoms with Crippen molar-refractivity contribution in [1.29, 1.82) is 0 Å². The highest BCUT2D eigenvalue weighted by Crippen LogP contribution is 2.49. The average Bonchev–Trinajstić information content (AvgIpc) is 1.60. The molecule has 0 aliphatic heterocycles. The first-order chi connectivity index (χ1) is 72.8. The van der Waals surface area contributed by atoms with Gasteiger partial charge in [-0.2, -0.15) is 0 Å². The molecular formula is C136H84N9OP. The summed E-state index contributed by atoms with van der Waals surface area (Å²) in [6.07, 6.45) is 0. The Morgan fingerprint density at radius 1 is 0.156 bits per heavy atom. The Morgan fingerprint density at radius 2 is 0.429 bits per heavy atom. The minimum absolute atomic E-state index is 0.642.